The van der Waals surface area contributed by atoms with Gasteiger partial charge in [0, 0.05) is 18.1 Å². The van der Waals surface area contributed by atoms with Gasteiger partial charge in [-0.05, 0) is 34.5 Å². The molecular weight excluding hydrogens is 261 g/mol. The fourth-order valence-electron chi connectivity index (χ4n) is 2.94. The molecule has 2 heteroatoms. The Bertz CT molecular complexity index is 931. The number of aromatic nitrogens is 1. The van der Waals surface area contributed by atoms with Crippen LogP contribution < -0.4 is 0 Å². The predicted molar refractivity (Wildman–Crippen MR) is 84.9 cm³/mol. The first-order valence-electron chi connectivity index (χ1n) is 7.03. The lowest BCUT2D eigenvalue weighted by Crippen LogP contribution is -1.98. The minimum absolute atomic E-state index is 0.163. The number of hydrogen-bond donors (Lipinski definition) is 0. The molecule has 0 spiro atoms. The van der Waals surface area contributed by atoms with Gasteiger partial charge >= 0.3 is 0 Å². The summed E-state index contributed by atoms with van der Waals surface area (Å²) >= 11 is 0. The molecule has 4 rings (SSSR count). The van der Waals surface area contributed by atoms with E-state index in [4.69, 9.17) is 0 Å². The van der Waals surface area contributed by atoms with Crippen LogP contribution in [0.1, 0.15) is 5.56 Å². The molecule has 102 valence electrons. The summed E-state index contributed by atoms with van der Waals surface area (Å²) in [7, 11) is 0. The van der Waals surface area contributed by atoms with E-state index in [0.717, 1.165) is 12.1 Å². The molecule has 1 nitrogen and oxygen atoms in total. The lowest BCUT2D eigenvalue weighted by atomic mass is 10.0. The molecule has 0 fully saturated rings. The molecule has 0 bridgehead atoms. The van der Waals surface area contributed by atoms with E-state index in [-0.39, 0.29) is 5.82 Å². The quantitative estimate of drug-likeness (QED) is 0.486. The van der Waals surface area contributed by atoms with Gasteiger partial charge in [0.2, 0.25) is 0 Å². The number of benzene rings is 3. The highest BCUT2D eigenvalue weighted by molar-refractivity contribution is 5.86. The zero-order chi connectivity index (χ0) is 14.2. The van der Waals surface area contributed by atoms with Crippen molar-refractivity contribution in [1.29, 1.82) is 0 Å². The molecule has 0 aliphatic heterocycles. The van der Waals surface area contributed by atoms with Gasteiger partial charge in [0.25, 0.3) is 0 Å². The SMILES string of the molecule is Fc1cccc2c1ccn2Cc1cccc2ccccc12. The van der Waals surface area contributed by atoms with Crippen LogP contribution in [0.25, 0.3) is 21.7 Å². The molecule has 0 N–H and O–H groups in total. The van der Waals surface area contributed by atoms with E-state index in [9.17, 15) is 4.39 Å². The number of hydrogen-bond acceptors (Lipinski definition) is 0. The fraction of sp³-hybridized carbons (Fsp3) is 0.0526. The molecule has 21 heavy (non-hydrogen) atoms. The minimum Gasteiger partial charge on any atom is -0.343 e. The number of halogens is 1. The maximum Gasteiger partial charge on any atom is 0.132 e. The van der Waals surface area contributed by atoms with Crippen LogP contribution in [0.3, 0.4) is 0 Å². The molecule has 0 saturated heterocycles. The standard InChI is InChI=1S/C19H14FN/c20-18-9-4-10-19-17(18)11-12-21(19)13-15-7-3-6-14-5-1-2-8-16(14)15/h1-12H,13H2. The van der Waals surface area contributed by atoms with Crippen LogP contribution in [0.15, 0.2) is 72.9 Å². The van der Waals surface area contributed by atoms with Crippen molar-refractivity contribution in [2.45, 2.75) is 6.54 Å². The molecule has 3 aromatic carbocycles. The monoisotopic (exact) mass is 275 g/mol. The lowest BCUT2D eigenvalue weighted by Gasteiger charge is -2.09. The van der Waals surface area contributed by atoms with Gasteiger partial charge in [-0.2, -0.15) is 0 Å². The van der Waals surface area contributed by atoms with Gasteiger partial charge in [-0.15, -0.1) is 0 Å². The van der Waals surface area contributed by atoms with Gasteiger partial charge < -0.3 is 4.57 Å². The number of nitrogens with zero attached hydrogens (tertiary/aromatic N) is 1. The van der Waals surface area contributed by atoms with Crippen molar-refractivity contribution in [3.8, 4) is 0 Å². The van der Waals surface area contributed by atoms with E-state index in [1.54, 1.807) is 6.07 Å². The summed E-state index contributed by atoms with van der Waals surface area (Å²) in [5.41, 5.74) is 2.18. The van der Waals surface area contributed by atoms with Crippen LogP contribution >= 0.6 is 0 Å². The van der Waals surface area contributed by atoms with Crippen molar-refractivity contribution in [2.24, 2.45) is 0 Å². The van der Waals surface area contributed by atoms with E-state index < -0.39 is 0 Å². The highest BCUT2D eigenvalue weighted by Crippen LogP contribution is 2.23. The third-order valence-corrected chi connectivity index (χ3v) is 3.98. The summed E-state index contributed by atoms with van der Waals surface area (Å²) in [4.78, 5) is 0. The Morgan fingerprint density at radius 3 is 2.52 bits per heavy atom. The molecular formula is C19H14FN. The van der Waals surface area contributed by atoms with Crippen molar-refractivity contribution in [3.05, 3.63) is 84.3 Å². The average molecular weight is 275 g/mol. The van der Waals surface area contributed by atoms with Crippen molar-refractivity contribution < 1.29 is 4.39 Å². The maximum atomic E-state index is 13.8. The van der Waals surface area contributed by atoms with Gasteiger partial charge in [-0.1, -0.05) is 48.5 Å². The van der Waals surface area contributed by atoms with E-state index in [0.29, 0.717) is 5.39 Å². The molecule has 0 aliphatic carbocycles. The average Bonchev–Trinajstić information content (AvgIpc) is 2.92. The van der Waals surface area contributed by atoms with E-state index in [2.05, 4.69) is 41.0 Å². The molecule has 0 atom stereocenters. The summed E-state index contributed by atoms with van der Waals surface area (Å²) in [5.74, 6) is -0.163. The zero-order valence-corrected chi connectivity index (χ0v) is 11.5. The molecule has 0 radical (unpaired) electrons. The highest BCUT2D eigenvalue weighted by Gasteiger charge is 2.07. The Morgan fingerprint density at radius 1 is 0.762 bits per heavy atom. The Labute approximate surface area is 122 Å². The molecule has 1 aromatic heterocycles. The van der Waals surface area contributed by atoms with E-state index in [1.807, 2.05) is 24.4 Å². The van der Waals surface area contributed by atoms with Crippen molar-refractivity contribution in [1.82, 2.24) is 4.57 Å². The first-order valence-corrected chi connectivity index (χ1v) is 7.03. The summed E-state index contributed by atoms with van der Waals surface area (Å²) in [5, 5.41) is 3.16. The van der Waals surface area contributed by atoms with Crippen LogP contribution in [0.5, 0.6) is 0 Å². The van der Waals surface area contributed by atoms with Gasteiger partial charge in [0.05, 0.1) is 5.52 Å². The number of rotatable bonds is 2. The van der Waals surface area contributed by atoms with Crippen LogP contribution in [0, 0.1) is 5.82 Å². The van der Waals surface area contributed by atoms with Gasteiger partial charge in [-0.25, -0.2) is 4.39 Å². The fourth-order valence-corrected chi connectivity index (χ4v) is 2.94. The maximum absolute atomic E-state index is 13.8. The van der Waals surface area contributed by atoms with E-state index >= 15 is 0 Å². The van der Waals surface area contributed by atoms with Gasteiger partial charge in [-0.3, -0.25) is 0 Å². The normalized spacial score (nSPS) is 11.3. The Kier molecular flexibility index (Phi) is 2.74. The molecule has 4 aromatic rings. The van der Waals surface area contributed by atoms with Crippen LogP contribution in [-0.2, 0) is 6.54 Å². The second kappa shape index (κ2) is 4.74. The van der Waals surface area contributed by atoms with Crippen molar-refractivity contribution in [3.63, 3.8) is 0 Å². The Morgan fingerprint density at radius 2 is 1.57 bits per heavy atom. The third kappa shape index (κ3) is 2.00. The van der Waals surface area contributed by atoms with Crippen LogP contribution in [0.2, 0.25) is 0 Å². The van der Waals surface area contributed by atoms with Crippen molar-refractivity contribution in [2.75, 3.05) is 0 Å². The molecule has 0 unspecified atom stereocenters. The Hall–Kier alpha value is -2.61. The largest absolute Gasteiger partial charge is 0.343 e. The molecule has 0 aliphatic rings. The molecule has 0 saturated carbocycles. The topological polar surface area (TPSA) is 4.93 Å². The number of fused-ring (bicyclic) bond motifs is 2. The zero-order valence-electron chi connectivity index (χ0n) is 11.5. The highest BCUT2D eigenvalue weighted by atomic mass is 19.1. The first kappa shape index (κ1) is 12.2. The van der Waals surface area contributed by atoms with Crippen molar-refractivity contribution >= 4 is 21.7 Å². The van der Waals surface area contributed by atoms with E-state index in [1.165, 1.54) is 22.4 Å². The van der Waals surface area contributed by atoms with Crippen LogP contribution in [0.4, 0.5) is 4.39 Å². The molecule has 0 amide bonds. The lowest BCUT2D eigenvalue weighted by molar-refractivity contribution is 0.639. The first-order chi connectivity index (χ1) is 10.3. The second-order valence-corrected chi connectivity index (χ2v) is 5.25. The Balaban J connectivity index is 1.85. The smallest absolute Gasteiger partial charge is 0.132 e. The van der Waals surface area contributed by atoms with Crippen LogP contribution in [-0.4, -0.2) is 4.57 Å². The predicted octanol–water partition coefficient (Wildman–Crippen LogP) is 4.98. The summed E-state index contributed by atoms with van der Waals surface area (Å²) in [6.07, 6.45) is 1.95. The summed E-state index contributed by atoms with van der Waals surface area (Å²) in [6.45, 7) is 0.744. The summed E-state index contributed by atoms with van der Waals surface area (Å²) < 4.78 is 15.9. The third-order valence-electron chi connectivity index (χ3n) is 3.98. The summed E-state index contributed by atoms with van der Waals surface area (Å²) in [6, 6.07) is 21.7. The minimum atomic E-state index is -0.163. The van der Waals surface area contributed by atoms with Gasteiger partial charge in [0.1, 0.15) is 5.82 Å². The van der Waals surface area contributed by atoms with Gasteiger partial charge in [0.15, 0.2) is 0 Å². The second-order valence-electron chi connectivity index (χ2n) is 5.25. The molecule has 1 heterocycles.